The van der Waals surface area contributed by atoms with Gasteiger partial charge in [-0.15, -0.1) is 0 Å². The van der Waals surface area contributed by atoms with Gasteiger partial charge in [0.05, 0.1) is 24.0 Å². The van der Waals surface area contributed by atoms with E-state index in [1.54, 1.807) is 38.2 Å². The summed E-state index contributed by atoms with van der Waals surface area (Å²) in [6.07, 6.45) is 5.05. The van der Waals surface area contributed by atoms with E-state index in [9.17, 15) is 14.7 Å². The molecule has 41 heavy (non-hydrogen) atoms. The lowest BCUT2D eigenvalue weighted by Gasteiger charge is -2.21. The predicted molar refractivity (Wildman–Crippen MR) is 158 cm³/mol. The summed E-state index contributed by atoms with van der Waals surface area (Å²) in [5.74, 6) is 1.03. The quantitative estimate of drug-likeness (QED) is 0.253. The first kappa shape index (κ1) is 27.9. The molecule has 0 fully saturated rings. The summed E-state index contributed by atoms with van der Waals surface area (Å²) in [4.78, 5) is 35.1. The van der Waals surface area contributed by atoms with Gasteiger partial charge in [0.15, 0.2) is 0 Å². The fourth-order valence-corrected chi connectivity index (χ4v) is 4.87. The smallest absolute Gasteiger partial charge is 0.257 e. The molecule has 2 aromatic carbocycles. The molecule has 4 N–H and O–H groups in total. The number of anilines is 3. The summed E-state index contributed by atoms with van der Waals surface area (Å²) in [5.41, 5.74) is 5.31. The molecule has 3 heterocycles. The van der Waals surface area contributed by atoms with E-state index in [1.807, 2.05) is 48.9 Å². The van der Waals surface area contributed by atoms with Gasteiger partial charge < -0.3 is 30.4 Å². The van der Waals surface area contributed by atoms with Crippen molar-refractivity contribution >= 4 is 29.1 Å². The Bertz CT molecular complexity index is 1620. The maximum atomic E-state index is 13.3. The number of amides is 2. The number of ether oxygens (including phenoxy) is 1. The van der Waals surface area contributed by atoms with Crippen molar-refractivity contribution in [2.45, 2.75) is 46.1 Å². The van der Waals surface area contributed by atoms with Crippen LogP contribution in [0.15, 0.2) is 54.9 Å². The first-order valence-corrected chi connectivity index (χ1v) is 13.4. The zero-order valence-corrected chi connectivity index (χ0v) is 23.8. The van der Waals surface area contributed by atoms with Crippen molar-refractivity contribution in [2.75, 3.05) is 24.3 Å². The number of aryl methyl sites for hydroxylation is 3. The van der Waals surface area contributed by atoms with Gasteiger partial charge in [0.25, 0.3) is 11.8 Å². The van der Waals surface area contributed by atoms with Gasteiger partial charge in [-0.05, 0) is 75.9 Å². The Balaban J connectivity index is 1.37. The summed E-state index contributed by atoms with van der Waals surface area (Å²) in [7, 11) is 1.52. The zero-order valence-electron chi connectivity index (χ0n) is 23.8. The second kappa shape index (κ2) is 11.1. The van der Waals surface area contributed by atoms with Crippen molar-refractivity contribution in [3.8, 4) is 11.6 Å². The maximum absolute atomic E-state index is 13.3. The Morgan fingerprint density at radius 1 is 1.07 bits per heavy atom. The topological polar surface area (TPSA) is 130 Å². The number of para-hydroxylation sites is 1. The molecule has 0 aliphatic carbocycles. The van der Waals surface area contributed by atoms with Crippen LogP contribution in [0.4, 0.5) is 17.3 Å². The Morgan fingerprint density at radius 2 is 1.83 bits per heavy atom. The van der Waals surface area contributed by atoms with E-state index >= 15 is 0 Å². The minimum absolute atomic E-state index is 0.118. The number of aromatic nitrogens is 3. The highest BCUT2D eigenvalue weighted by atomic mass is 16.5. The molecule has 0 bridgehead atoms. The van der Waals surface area contributed by atoms with Crippen molar-refractivity contribution < 1.29 is 19.4 Å². The first-order chi connectivity index (χ1) is 19.5. The van der Waals surface area contributed by atoms with Crippen molar-refractivity contribution in [1.82, 2.24) is 19.9 Å². The Hall–Kier alpha value is -4.70. The van der Waals surface area contributed by atoms with Crippen LogP contribution in [0, 0.1) is 13.8 Å². The van der Waals surface area contributed by atoms with E-state index in [0.29, 0.717) is 47.2 Å². The van der Waals surface area contributed by atoms with Gasteiger partial charge in [0, 0.05) is 41.4 Å². The summed E-state index contributed by atoms with van der Waals surface area (Å²) in [5, 5.41) is 18.9. The average Bonchev–Trinajstić information content (AvgIpc) is 3.38. The molecule has 1 aliphatic heterocycles. The van der Waals surface area contributed by atoms with E-state index in [1.165, 1.54) is 7.11 Å². The van der Waals surface area contributed by atoms with Gasteiger partial charge >= 0.3 is 0 Å². The first-order valence-electron chi connectivity index (χ1n) is 13.4. The Labute approximate surface area is 238 Å². The maximum Gasteiger partial charge on any atom is 0.257 e. The van der Waals surface area contributed by atoms with E-state index in [-0.39, 0.29) is 18.4 Å². The van der Waals surface area contributed by atoms with Gasteiger partial charge in [-0.1, -0.05) is 18.2 Å². The molecule has 0 saturated heterocycles. The Kier molecular flexibility index (Phi) is 7.51. The number of nitrogens with zero attached hydrogens (tertiary/aromatic N) is 3. The highest BCUT2D eigenvalue weighted by molar-refractivity contribution is 6.06. The molecular weight excluding hydrogens is 520 g/mol. The molecule has 10 nitrogen and oxygen atoms in total. The van der Waals surface area contributed by atoms with E-state index < -0.39 is 5.60 Å². The van der Waals surface area contributed by atoms with Crippen LogP contribution < -0.4 is 20.7 Å². The minimum atomic E-state index is -1.02. The molecule has 0 atom stereocenters. The largest absolute Gasteiger partial charge is 0.495 e. The standard InChI is InChI=1S/C31H34N6O4/c1-18-7-6-8-19(2)26(18)35-29(39)22-13-14-37-24(22)12-10-21-16-32-30(36-27(21)37)34-23-11-9-20(15-25(23)41-5)28(38)33-17-31(3,4)40/h6-9,11,13-16,40H,10,12,17H2,1-5H3,(H,33,38)(H,35,39)(H,32,34,36). The van der Waals surface area contributed by atoms with E-state index in [2.05, 4.69) is 20.9 Å². The summed E-state index contributed by atoms with van der Waals surface area (Å²) in [6, 6.07) is 12.8. The third-order valence-electron chi connectivity index (χ3n) is 7.05. The van der Waals surface area contributed by atoms with Crippen LogP contribution in [0.1, 0.15) is 56.9 Å². The molecule has 0 saturated carbocycles. The number of methoxy groups -OCH3 is 1. The number of aliphatic hydroxyl groups is 1. The average molecular weight is 555 g/mol. The molecule has 0 radical (unpaired) electrons. The molecular formula is C31H34N6O4. The summed E-state index contributed by atoms with van der Waals surface area (Å²) < 4.78 is 7.46. The molecule has 2 aromatic heterocycles. The normalized spacial score (nSPS) is 12.2. The van der Waals surface area contributed by atoms with Gasteiger partial charge in [-0.3, -0.25) is 9.59 Å². The second-order valence-electron chi connectivity index (χ2n) is 10.8. The van der Waals surface area contributed by atoms with E-state index in [0.717, 1.165) is 28.1 Å². The fourth-order valence-electron chi connectivity index (χ4n) is 4.87. The van der Waals surface area contributed by atoms with Crippen LogP contribution in [0.2, 0.25) is 0 Å². The fraction of sp³-hybridized carbons (Fsp3) is 0.290. The summed E-state index contributed by atoms with van der Waals surface area (Å²) >= 11 is 0. The number of hydrogen-bond donors (Lipinski definition) is 4. The van der Waals surface area contributed by atoms with Gasteiger partial charge in [-0.2, -0.15) is 4.98 Å². The monoisotopic (exact) mass is 554 g/mol. The zero-order chi connectivity index (χ0) is 29.3. The lowest BCUT2D eigenvalue weighted by atomic mass is 10.0. The highest BCUT2D eigenvalue weighted by Crippen LogP contribution is 2.31. The third-order valence-corrected chi connectivity index (χ3v) is 7.05. The lowest BCUT2D eigenvalue weighted by Crippen LogP contribution is -2.38. The number of carbonyl (C=O) groups is 2. The van der Waals surface area contributed by atoms with Crippen molar-refractivity contribution in [3.05, 3.63) is 88.4 Å². The van der Waals surface area contributed by atoms with Gasteiger partial charge in [0.1, 0.15) is 11.6 Å². The highest BCUT2D eigenvalue weighted by Gasteiger charge is 2.25. The Morgan fingerprint density at radius 3 is 2.54 bits per heavy atom. The predicted octanol–water partition coefficient (Wildman–Crippen LogP) is 4.49. The minimum Gasteiger partial charge on any atom is -0.495 e. The van der Waals surface area contributed by atoms with E-state index in [4.69, 9.17) is 9.72 Å². The third kappa shape index (κ3) is 5.92. The molecule has 10 heteroatoms. The molecule has 2 amide bonds. The van der Waals surface area contributed by atoms with Crippen LogP contribution in [0.25, 0.3) is 5.82 Å². The second-order valence-corrected chi connectivity index (χ2v) is 10.8. The van der Waals surface area contributed by atoms with Crippen LogP contribution in [-0.2, 0) is 12.8 Å². The number of fused-ring (bicyclic) bond motifs is 3. The van der Waals surface area contributed by atoms with Crippen LogP contribution in [-0.4, -0.2) is 50.7 Å². The number of nitrogens with one attached hydrogen (secondary N) is 3. The molecule has 0 spiro atoms. The number of benzene rings is 2. The van der Waals surface area contributed by atoms with Crippen molar-refractivity contribution in [2.24, 2.45) is 0 Å². The van der Waals surface area contributed by atoms with Gasteiger partial charge in [0.2, 0.25) is 5.95 Å². The van der Waals surface area contributed by atoms with Crippen LogP contribution in [0.3, 0.4) is 0 Å². The molecule has 1 aliphatic rings. The molecule has 0 unspecified atom stereocenters. The van der Waals surface area contributed by atoms with Crippen molar-refractivity contribution in [1.29, 1.82) is 0 Å². The SMILES string of the molecule is COc1cc(C(=O)NCC(C)(C)O)ccc1Nc1ncc2c(n1)-n1ccc(C(=O)Nc3c(C)cccc3C)c1CC2. The van der Waals surface area contributed by atoms with Crippen molar-refractivity contribution in [3.63, 3.8) is 0 Å². The molecule has 212 valence electrons. The van der Waals surface area contributed by atoms with Crippen LogP contribution in [0.5, 0.6) is 5.75 Å². The summed E-state index contributed by atoms with van der Waals surface area (Å²) in [6.45, 7) is 7.33. The molecule has 4 aromatic rings. The molecule has 5 rings (SSSR count). The van der Waals surface area contributed by atoms with Crippen LogP contribution >= 0.6 is 0 Å². The van der Waals surface area contributed by atoms with Gasteiger partial charge in [-0.25, -0.2) is 4.98 Å². The number of rotatable bonds is 8. The number of carbonyl (C=O) groups excluding carboxylic acids is 2. The number of hydrogen-bond acceptors (Lipinski definition) is 7. The lowest BCUT2D eigenvalue weighted by molar-refractivity contribution is 0.0694.